The number of piperazine rings is 1. The van der Waals surface area contributed by atoms with Crippen LogP contribution in [-0.4, -0.2) is 85.6 Å². The lowest BCUT2D eigenvalue weighted by Crippen LogP contribution is -2.49. The number of aromatic nitrogens is 2. The minimum absolute atomic E-state index is 0.0742. The summed E-state index contributed by atoms with van der Waals surface area (Å²) in [6.45, 7) is 2.58. The molecule has 0 atom stereocenters. The minimum atomic E-state index is -4.41. The van der Waals surface area contributed by atoms with E-state index in [4.69, 9.17) is 4.74 Å². The molecule has 1 aromatic carbocycles. The molecule has 3 heterocycles. The number of halogens is 3. The summed E-state index contributed by atoms with van der Waals surface area (Å²) in [5.74, 6) is -0.216. The molecule has 0 radical (unpaired) electrons. The van der Waals surface area contributed by atoms with Crippen LogP contribution < -0.4 is 4.90 Å². The van der Waals surface area contributed by atoms with Gasteiger partial charge in [0.05, 0.1) is 25.1 Å². The highest BCUT2D eigenvalue weighted by molar-refractivity contribution is 7.89. The Hall–Kier alpha value is -2.64. The fraction of sp³-hybridized carbons (Fsp3) is 0.500. The number of amides is 1. The van der Waals surface area contributed by atoms with Gasteiger partial charge < -0.3 is 19.1 Å². The lowest BCUT2D eigenvalue weighted by Gasteiger charge is -2.36. The highest BCUT2D eigenvalue weighted by Gasteiger charge is 2.32. The van der Waals surface area contributed by atoms with Gasteiger partial charge in [0.1, 0.15) is 6.54 Å². The Morgan fingerprint density at radius 3 is 2.42 bits per heavy atom. The zero-order valence-corrected chi connectivity index (χ0v) is 18.6. The van der Waals surface area contributed by atoms with Crippen molar-refractivity contribution in [2.75, 3.05) is 57.4 Å². The first-order chi connectivity index (χ1) is 15.6. The third-order valence-corrected chi connectivity index (χ3v) is 7.46. The maximum Gasteiger partial charge on any atom is 0.416 e. The van der Waals surface area contributed by atoms with E-state index in [0.717, 1.165) is 12.1 Å². The van der Waals surface area contributed by atoms with Gasteiger partial charge in [-0.25, -0.2) is 13.4 Å². The number of alkyl halides is 3. The molecular formula is C20H24F3N5O4S. The number of carbonyl (C=O) groups is 1. The zero-order chi connectivity index (χ0) is 23.6. The number of hydrogen-bond acceptors (Lipinski definition) is 6. The second-order valence-corrected chi connectivity index (χ2v) is 9.70. The van der Waals surface area contributed by atoms with Gasteiger partial charge in [0, 0.05) is 51.2 Å². The summed E-state index contributed by atoms with van der Waals surface area (Å²) in [6, 6.07) is 5.13. The zero-order valence-electron chi connectivity index (χ0n) is 17.7. The monoisotopic (exact) mass is 487 g/mol. The first kappa shape index (κ1) is 23.5. The molecule has 2 saturated heterocycles. The van der Waals surface area contributed by atoms with Gasteiger partial charge >= 0.3 is 6.18 Å². The smallest absolute Gasteiger partial charge is 0.379 e. The summed E-state index contributed by atoms with van der Waals surface area (Å²) in [4.78, 5) is 20.1. The second-order valence-electron chi connectivity index (χ2n) is 7.82. The van der Waals surface area contributed by atoms with Crippen LogP contribution in [0.1, 0.15) is 5.56 Å². The fourth-order valence-electron chi connectivity index (χ4n) is 3.83. The predicted molar refractivity (Wildman–Crippen MR) is 112 cm³/mol. The molecule has 0 spiro atoms. The van der Waals surface area contributed by atoms with Gasteiger partial charge in [-0.3, -0.25) is 4.79 Å². The van der Waals surface area contributed by atoms with E-state index < -0.39 is 21.8 Å². The van der Waals surface area contributed by atoms with E-state index in [0.29, 0.717) is 45.1 Å². The molecule has 33 heavy (non-hydrogen) atoms. The number of sulfonamides is 1. The molecule has 0 bridgehead atoms. The molecule has 0 aliphatic carbocycles. The van der Waals surface area contributed by atoms with Gasteiger partial charge in [-0.2, -0.15) is 17.5 Å². The Balaban J connectivity index is 1.34. The molecule has 2 aliphatic rings. The summed E-state index contributed by atoms with van der Waals surface area (Å²) in [5, 5.41) is -0.119. The van der Waals surface area contributed by atoms with Gasteiger partial charge in [-0.1, -0.05) is 6.07 Å². The molecule has 0 saturated carbocycles. The maximum absolute atomic E-state index is 13.0. The van der Waals surface area contributed by atoms with E-state index >= 15 is 0 Å². The van der Waals surface area contributed by atoms with Crippen molar-refractivity contribution in [2.24, 2.45) is 0 Å². The molecule has 0 unspecified atom stereocenters. The predicted octanol–water partition coefficient (Wildman–Crippen LogP) is 1.27. The molecule has 9 nitrogen and oxygen atoms in total. The number of imidazole rings is 1. The van der Waals surface area contributed by atoms with Crippen LogP contribution in [0.5, 0.6) is 0 Å². The Bertz CT molecular complexity index is 1090. The summed E-state index contributed by atoms with van der Waals surface area (Å²) >= 11 is 0. The molecule has 180 valence electrons. The highest BCUT2D eigenvalue weighted by atomic mass is 32.2. The lowest BCUT2D eigenvalue weighted by molar-refractivity contribution is -0.137. The molecule has 2 aromatic rings. The van der Waals surface area contributed by atoms with E-state index in [1.54, 1.807) is 11.0 Å². The number of ether oxygens (including phenoxy) is 1. The van der Waals surface area contributed by atoms with Gasteiger partial charge in [0.15, 0.2) is 5.03 Å². The number of rotatable bonds is 5. The van der Waals surface area contributed by atoms with Gasteiger partial charge in [-0.05, 0) is 18.2 Å². The third kappa shape index (κ3) is 5.31. The largest absolute Gasteiger partial charge is 0.416 e. The van der Waals surface area contributed by atoms with Crippen LogP contribution in [0.2, 0.25) is 0 Å². The van der Waals surface area contributed by atoms with Crippen molar-refractivity contribution < 1.29 is 31.1 Å². The molecule has 2 aliphatic heterocycles. The Morgan fingerprint density at radius 1 is 1.06 bits per heavy atom. The van der Waals surface area contributed by atoms with E-state index in [-0.39, 0.29) is 30.6 Å². The average molecular weight is 488 g/mol. The number of benzene rings is 1. The standard InChI is InChI=1S/C20H24F3N5O4S/c21-20(22,23)16-2-1-3-17(12-16)26-4-6-27(7-5-26)19(29)14-25-13-18(24-15-25)33(30,31)28-8-10-32-11-9-28/h1-3,12-13,15H,4-11,14H2. The second kappa shape index (κ2) is 9.31. The Morgan fingerprint density at radius 2 is 1.76 bits per heavy atom. The molecule has 1 amide bonds. The first-order valence-corrected chi connectivity index (χ1v) is 11.9. The molecule has 0 N–H and O–H groups in total. The van der Waals surface area contributed by atoms with Crippen LogP contribution in [0.15, 0.2) is 41.8 Å². The van der Waals surface area contributed by atoms with Crippen LogP contribution in [0, 0.1) is 0 Å². The minimum Gasteiger partial charge on any atom is -0.379 e. The first-order valence-electron chi connectivity index (χ1n) is 10.4. The van der Waals surface area contributed by atoms with Gasteiger partial charge in [0.25, 0.3) is 10.0 Å². The normalized spacial score (nSPS) is 18.5. The van der Waals surface area contributed by atoms with Gasteiger partial charge in [0.2, 0.25) is 5.91 Å². The van der Waals surface area contributed by atoms with Crippen LogP contribution in [-0.2, 0) is 32.3 Å². The average Bonchev–Trinajstić information content (AvgIpc) is 3.29. The number of morpholine rings is 1. The number of nitrogens with zero attached hydrogens (tertiary/aromatic N) is 5. The molecule has 13 heteroatoms. The topological polar surface area (TPSA) is 88.0 Å². The van der Waals surface area contributed by atoms with Crippen molar-refractivity contribution in [3.63, 3.8) is 0 Å². The Kier molecular flexibility index (Phi) is 6.64. The highest BCUT2D eigenvalue weighted by Crippen LogP contribution is 2.31. The molecule has 4 rings (SSSR count). The summed E-state index contributed by atoms with van der Waals surface area (Å²) < 4.78 is 72.1. The van der Waals surface area contributed by atoms with E-state index in [1.807, 2.05) is 4.90 Å². The Labute approximate surface area is 189 Å². The van der Waals surface area contributed by atoms with Crippen LogP contribution >= 0.6 is 0 Å². The summed E-state index contributed by atoms with van der Waals surface area (Å²) in [5.41, 5.74) is -0.244. The molecular weight excluding hydrogens is 463 g/mol. The number of anilines is 1. The van der Waals surface area contributed by atoms with Crippen LogP contribution in [0.4, 0.5) is 18.9 Å². The van der Waals surface area contributed by atoms with Crippen LogP contribution in [0.25, 0.3) is 0 Å². The van der Waals surface area contributed by atoms with Crippen molar-refractivity contribution in [3.05, 3.63) is 42.4 Å². The summed E-state index contributed by atoms with van der Waals surface area (Å²) in [7, 11) is -3.74. The molecule has 1 aromatic heterocycles. The number of hydrogen-bond donors (Lipinski definition) is 0. The third-order valence-electron chi connectivity index (χ3n) is 5.67. The molecule has 2 fully saturated rings. The van der Waals surface area contributed by atoms with Crippen molar-refractivity contribution in [2.45, 2.75) is 17.7 Å². The fourth-order valence-corrected chi connectivity index (χ4v) is 5.17. The van der Waals surface area contributed by atoms with E-state index in [1.165, 1.54) is 27.5 Å². The lowest BCUT2D eigenvalue weighted by atomic mass is 10.1. The van der Waals surface area contributed by atoms with Crippen molar-refractivity contribution in [1.82, 2.24) is 18.8 Å². The number of carbonyl (C=O) groups excluding carboxylic acids is 1. The quantitative estimate of drug-likeness (QED) is 0.632. The summed E-state index contributed by atoms with van der Waals surface area (Å²) in [6.07, 6.45) is -1.77. The van der Waals surface area contributed by atoms with E-state index in [9.17, 15) is 26.4 Å². The van der Waals surface area contributed by atoms with Gasteiger partial charge in [-0.15, -0.1) is 0 Å². The van der Waals surface area contributed by atoms with Crippen molar-refractivity contribution >= 4 is 21.6 Å². The SMILES string of the molecule is O=C(Cn1cnc(S(=O)(=O)N2CCOCC2)c1)N1CCN(c2cccc(C(F)(F)F)c2)CC1. The maximum atomic E-state index is 13.0. The van der Waals surface area contributed by atoms with Crippen molar-refractivity contribution in [1.29, 1.82) is 0 Å². The van der Waals surface area contributed by atoms with E-state index in [2.05, 4.69) is 4.98 Å². The van der Waals surface area contributed by atoms with Crippen molar-refractivity contribution in [3.8, 4) is 0 Å². The van der Waals surface area contributed by atoms with Crippen LogP contribution in [0.3, 0.4) is 0 Å².